The normalized spacial score (nSPS) is 14.4. The lowest BCUT2D eigenvalue weighted by atomic mass is 9.66. The Morgan fingerprint density at radius 3 is 1.10 bits per heavy atom. The molecule has 0 bridgehead atoms. The summed E-state index contributed by atoms with van der Waals surface area (Å²) in [5, 5.41) is 11.8. The molecule has 0 aliphatic carbocycles. The van der Waals surface area contributed by atoms with E-state index < -0.39 is 59.4 Å². The maximum absolute atomic E-state index is 11.8. The fourth-order valence-electron chi connectivity index (χ4n) is 8.45. The average molecular weight is 893 g/mol. The van der Waals surface area contributed by atoms with Crippen molar-refractivity contribution in [3.05, 3.63) is 63.2 Å². The van der Waals surface area contributed by atoms with Crippen LogP contribution < -0.4 is 4.74 Å². The molecule has 0 spiro atoms. The van der Waals surface area contributed by atoms with E-state index >= 15 is 0 Å². The van der Waals surface area contributed by atoms with Crippen molar-refractivity contribution in [2.75, 3.05) is 19.8 Å². The molecule has 61 heavy (non-hydrogen) atoms. The zero-order valence-corrected chi connectivity index (χ0v) is 43.7. The van der Waals surface area contributed by atoms with E-state index in [1.54, 1.807) is 0 Å². The number of hydrogen-bond acceptors (Lipinski definition) is 8. The molecular weight excluding hydrogens is 803 g/mol. The van der Waals surface area contributed by atoms with Crippen LogP contribution in [0.4, 0.5) is 0 Å². The van der Waals surface area contributed by atoms with Crippen molar-refractivity contribution in [2.45, 2.75) is 227 Å². The van der Waals surface area contributed by atoms with E-state index in [1.807, 2.05) is 0 Å². The SMILES string of the molecule is CCCCCCC(C)(C)c1cc(C(C)(C)C)c(OC(c2c(C(C)(C)C)cc(C(C)(C)CCCCCC)cc2C(C)(C)C)C(CO)(COP(O)O)COP(O)O)c(C(C)(C)C)c1. The number of hydrogen-bond donors (Lipinski definition) is 5. The summed E-state index contributed by atoms with van der Waals surface area (Å²) in [6.45, 7) is 38.8. The zero-order valence-electron chi connectivity index (χ0n) is 41.9. The molecule has 0 aliphatic heterocycles. The summed E-state index contributed by atoms with van der Waals surface area (Å²) in [6, 6.07) is 9.27. The van der Waals surface area contributed by atoms with Crippen LogP contribution in [-0.2, 0) is 41.5 Å². The highest BCUT2D eigenvalue weighted by Gasteiger charge is 2.49. The third-order valence-electron chi connectivity index (χ3n) is 12.7. The highest BCUT2D eigenvalue weighted by molar-refractivity contribution is 7.39. The van der Waals surface area contributed by atoms with Crippen LogP contribution in [0.1, 0.15) is 234 Å². The van der Waals surface area contributed by atoms with Gasteiger partial charge in [-0.3, -0.25) is 0 Å². The average Bonchev–Trinajstić information content (AvgIpc) is 3.12. The first-order valence-electron chi connectivity index (χ1n) is 23.1. The van der Waals surface area contributed by atoms with Crippen LogP contribution in [-0.4, -0.2) is 44.5 Å². The molecule has 0 amide bonds. The van der Waals surface area contributed by atoms with Crippen molar-refractivity contribution >= 4 is 17.2 Å². The largest absolute Gasteiger partial charge is 0.484 e. The monoisotopic (exact) mass is 893 g/mol. The Bertz CT molecular complexity index is 1570. The summed E-state index contributed by atoms with van der Waals surface area (Å²) in [6.07, 6.45) is 10.5. The van der Waals surface area contributed by atoms with Gasteiger partial charge in [0.15, 0.2) is 0 Å². The molecule has 352 valence electrons. The van der Waals surface area contributed by atoms with E-state index in [1.165, 1.54) is 49.7 Å². The van der Waals surface area contributed by atoms with E-state index in [0.717, 1.165) is 53.5 Å². The molecule has 2 rings (SSSR count). The van der Waals surface area contributed by atoms with E-state index in [9.17, 15) is 24.7 Å². The van der Waals surface area contributed by atoms with Crippen LogP contribution in [0.5, 0.6) is 5.75 Å². The number of aliphatic hydroxyl groups is 1. The van der Waals surface area contributed by atoms with Gasteiger partial charge in [-0.15, -0.1) is 0 Å². The lowest BCUT2D eigenvalue weighted by molar-refractivity contribution is -0.0674. The van der Waals surface area contributed by atoms with Crippen LogP contribution in [0.15, 0.2) is 24.3 Å². The lowest BCUT2D eigenvalue weighted by Gasteiger charge is -2.45. The van der Waals surface area contributed by atoms with Crippen molar-refractivity contribution in [3.8, 4) is 5.75 Å². The number of ether oxygens (including phenoxy) is 1. The molecular formula is C51H90O8P2. The molecule has 0 aliphatic rings. The Balaban J connectivity index is 3.37. The molecule has 0 saturated heterocycles. The second-order valence-electron chi connectivity index (χ2n) is 23.3. The minimum atomic E-state index is -2.86. The summed E-state index contributed by atoms with van der Waals surface area (Å²) < 4.78 is 19.1. The summed E-state index contributed by atoms with van der Waals surface area (Å²) in [5.74, 6) is 0.693. The molecule has 0 saturated carbocycles. The smallest absolute Gasteiger partial charge is 0.327 e. The molecule has 0 fully saturated rings. The molecule has 0 heterocycles. The fourth-order valence-corrected chi connectivity index (χ4v) is 9.20. The third-order valence-corrected chi connectivity index (χ3v) is 13.4. The highest BCUT2D eigenvalue weighted by atomic mass is 31.2. The molecule has 8 nitrogen and oxygen atoms in total. The predicted molar refractivity (Wildman–Crippen MR) is 259 cm³/mol. The van der Waals surface area contributed by atoms with Gasteiger partial charge < -0.3 is 38.5 Å². The van der Waals surface area contributed by atoms with E-state index in [4.69, 9.17) is 13.8 Å². The standard InChI is InChI=1S/C51H90O8P2/c1-19-21-23-25-27-49(15,16)36-29-38(45(3,4)5)42(39(30-36)46(6,7)8)44(51(33-52,34-57-60(53)54)35-58-61(55)56)59-43-40(47(9,10)11)31-37(32-41(43)48(12,13)14)50(17,18)28-26-24-22-20-2/h29-32,44,52-56H,19-28,33-35H2,1-18H3. The minimum Gasteiger partial charge on any atom is -0.484 e. The summed E-state index contributed by atoms with van der Waals surface area (Å²) in [7, 11) is -5.71. The Kier molecular flexibility index (Phi) is 20.5. The van der Waals surface area contributed by atoms with Gasteiger partial charge in [-0.2, -0.15) is 0 Å². The van der Waals surface area contributed by atoms with Gasteiger partial charge in [0.25, 0.3) is 0 Å². The summed E-state index contributed by atoms with van der Waals surface area (Å²) in [5.41, 5.74) is 4.00. The quantitative estimate of drug-likeness (QED) is 0.0551. The number of aliphatic hydroxyl groups excluding tert-OH is 1. The molecule has 0 radical (unpaired) electrons. The Labute approximate surface area is 376 Å². The number of benzene rings is 2. The second kappa shape index (κ2) is 22.3. The lowest BCUT2D eigenvalue weighted by Crippen LogP contribution is -2.46. The summed E-state index contributed by atoms with van der Waals surface area (Å²) >= 11 is 0. The Morgan fingerprint density at radius 1 is 0.492 bits per heavy atom. The van der Waals surface area contributed by atoms with Crippen molar-refractivity contribution in [1.82, 2.24) is 0 Å². The van der Waals surface area contributed by atoms with Gasteiger partial charge in [0, 0.05) is 16.7 Å². The van der Waals surface area contributed by atoms with Gasteiger partial charge in [0.2, 0.25) is 0 Å². The van der Waals surface area contributed by atoms with E-state index in [-0.39, 0.29) is 21.7 Å². The molecule has 10 heteroatoms. The molecule has 1 atom stereocenters. The molecule has 2 aromatic carbocycles. The van der Waals surface area contributed by atoms with Crippen molar-refractivity contribution in [3.63, 3.8) is 0 Å². The van der Waals surface area contributed by atoms with E-state index in [2.05, 4.69) is 149 Å². The van der Waals surface area contributed by atoms with Gasteiger partial charge in [-0.25, -0.2) is 0 Å². The van der Waals surface area contributed by atoms with Gasteiger partial charge in [0.05, 0.1) is 25.2 Å². The van der Waals surface area contributed by atoms with Gasteiger partial charge in [-0.1, -0.05) is 200 Å². The zero-order chi connectivity index (χ0) is 47.0. The van der Waals surface area contributed by atoms with Gasteiger partial charge in [-0.05, 0) is 67.6 Å². The van der Waals surface area contributed by atoms with Gasteiger partial charge >= 0.3 is 17.2 Å². The maximum atomic E-state index is 11.8. The van der Waals surface area contributed by atoms with Crippen LogP contribution in [0.25, 0.3) is 0 Å². The van der Waals surface area contributed by atoms with Crippen LogP contribution >= 0.6 is 17.2 Å². The Morgan fingerprint density at radius 2 is 0.820 bits per heavy atom. The highest BCUT2D eigenvalue weighted by Crippen LogP contribution is 2.53. The van der Waals surface area contributed by atoms with E-state index in [0.29, 0.717) is 5.75 Å². The Hall–Kier alpha value is -1.18. The van der Waals surface area contributed by atoms with Crippen molar-refractivity contribution in [1.29, 1.82) is 0 Å². The van der Waals surface area contributed by atoms with Gasteiger partial charge in [0.1, 0.15) is 11.9 Å². The molecule has 0 aromatic heterocycles. The number of rotatable bonds is 23. The van der Waals surface area contributed by atoms with Crippen molar-refractivity contribution in [2.24, 2.45) is 5.41 Å². The second-order valence-corrected chi connectivity index (χ2v) is 24.9. The third kappa shape index (κ3) is 15.7. The molecule has 1 unspecified atom stereocenters. The molecule has 2 aromatic rings. The molecule has 5 N–H and O–H groups in total. The first-order valence-corrected chi connectivity index (χ1v) is 25.4. The van der Waals surface area contributed by atoms with Crippen LogP contribution in [0.2, 0.25) is 0 Å². The maximum Gasteiger partial charge on any atom is 0.327 e. The minimum absolute atomic E-state index is 0.112. The van der Waals surface area contributed by atoms with Crippen LogP contribution in [0, 0.1) is 5.41 Å². The summed E-state index contributed by atoms with van der Waals surface area (Å²) in [4.78, 5) is 41.1. The number of unbranched alkanes of at least 4 members (excludes halogenated alkanes) is 6. The fraction of sp³-hybridized carbons (Fsp3) is 0.765. The predicted octanol–water partition coefficient (Wildman–Crippen LogP) is 13.9. The van der Waals surface area contributed by atoms with Crippen LogP contribution in [0.3, 0.4) is 0 Å². The van der Waals surface area contributed by atoms with Crippen molar-refractivity contribution < 1.29 is 38.5 Å². The first kappa shape index (κ1) is 56.0. The first-order chi connectivity index (χ1) is 27.8. The topological polar surface area (TPSA) is 129 Å².